The lowest BCUT2D eigenvalue weighted by Gasteiger charge is -2.24. The number of anilines is 1. The minimum atomic E-state index is -0.282. The van der Waals surface area contributed by atoms with Crippen molar-refractivity contribution in [2.75, 3.05) is 26.0 Å². The molecule has 16 heavy (non-hydrogen) atoms. The third kappa shape index (κ3) is 2.70. The van der Waals surface area contributed by atoms with Crippen LogP contribution in [0, 0.1) is 11.7 Å². The number of hydrogen-bond donors (Lipinski definition) is 1. The van der Waals surface area contributed by atoms with E-state index in [4.69, 9.17) is 0 Å². The van der Waals surface area contributed by atoms with Crippen LogP contribution < -0.4 is 5.32 Å². The van der Waals surface area contributed by atoms with E-state index in [1.807, 2.05) is 0 Å². The van der Waals surface area contributed by atoms with Crippen LogP contribution in [0.5, 0.6) is 0 Å². The summed E-state index contributed by atoms with van der Waals surface area (Å²) in [6.45, 7) is 0.756. The highest BCUT2D eigenvalue weighted by Crippen LogP contribution is 2.34. The SMILES string of the molecule is CN(C)C(CNc1ncccc1F)C1CC1. The molecule has 0 bridgehead atoms. The van der Waals surface area contributed by atoms with Crippen LogP contribution in [0.25, 0.3) is 0 Å². The molecule has 1 aliphatic rings. The summed E-state index contributed by atoms with van der Waals surface area (Å²) >= 11 is 0. The molecule has 1 heterocycles. The fourth-order valence-electron chi connectivity index (χ4n) is 1.97. The predicted octanol–water partition coefficient (Wildman–Crippen LogP) is 1.97. The van der Waals surface area contributed by atoms with Crippen LogP contribution in [0.4, 0.5) is 10.2 Å². The van der Waals surface area contributed by atoms with Crippen LogP contribution in [-0.2, 0) is 0 Å². The van der Waals surface area contributed by atoms with Crippen molar-refractivity contribution in [1.29, 1.82) is 0 Å². The van der Waals surface area contributed by atoms with Gasteiger partial charge in [-0.15, -0.1) is 0 Å². The molecule has 0 amide bonds. The molecule has 1 N–H and O–H groups in total. The van der Waals surface area contributed by atoms with Crippen LogP contribution in [0.3, 0.4) is 0 Å². The van der Waals surface area contributed by atoms with Gasteiger partial charge in [0.05, 0.1) is 0 Å². The van der Waals surface area contributed by atoms with Crippen molar-refractivity contribution in [3.8, 4) is 0 Å². The second kappa shape index (κ2) is 4.78. The molecule has 0 saturated heterocycles. The van der Waals surface area contributed by atoms with E-state index in [-0.39, 0.29) is 5.82 Å². The molecule has 3 nitrogen and oxygen atoms in total. The maximum atomic E-state index is 13.3. The van der Waals surface area contributed by atoms with Crippen LogP contribution in [0.2, 0.25) is 0 Å². The molecule has 1 aliphatic carbocycles. The van der Waals surface area contributed by atoms with E-state index < -0.39 is 0 Å². The number of nitrogens with zero attached hydrogens (tertiary/aromatic N) is 2. The molecule has 1 fully saturated rings. The molecule has 0 spiro atoms. The topological polar surface area (TPSA) is 28.2 Å². The third-order valence-corrected chi connectivity index (χ3v) is 3.07. The number of halogens is 1. The normalized spacial score (nSPS) is 17.5. The molecule has 88 valence electrons. The Hall–Kier alpha value is -1.16. The van der Waals surface area contributed by atoms with Crippen LogP contribution in [-0.4, -0.2) is 36.6 Å². The Bertz CT molecular complexity index is 348. The first-order valence-corrected chi connectivity index (χ1v) is 5.69. The van der Waals surface area contributed by atoms with Crippen molar-refractivity contribution < 1.29 is 4.39 Å². The molecule has 0 radical (unpaired) electrons. The Morgan fingerprint density at radius 2 is 2.31 bits per heavy atom. The lowest BCUT2D eigenvalue weighted by molar-refractivity contribution is 0.276. The van der Waals surface area contributed by atoms with Gasteiger partial charge in [0.25, 0.3) is 0 Å². The molecule has 1 aromatic rings. The van der Waals surface area contributed by atoms with Gasteiger partial charge in [0, 0.05) is 18.8 Å². The first-order chi connectivity index (χ1) is 7.68. The number of aromatic nitrogens is 1. The Morgan fingerprint density at radius 3 is 2.88 bits per heavy atom. The number of rotatable bonds is 5. The second-order valence-electron chi connectivity index (χ2n) is 4.58. The lowest BCUT2D eigenvalue weighted by atomic mass is 10.1. The third-order valence-electron chi connectivity index (χ3n) is 3.07. The zero-order valence-corrected chi connectivity index (χ0v) is 9.78. The van der Waals surface area contributed by atoms with E-state index in [0.717, 1.165) is 12.5 Å². The highest BCUT2D eigenvalue weighted by molar-refractivity contribution is 5.35. The highest BCUT2D eigenvalue weighted by atomic mass is 19.1. The second-order valence-corrected chi connectivity index (χ2v) is 4.58. The molecule has 0 aromatic carbocycles. The monoisotopic (exact) mass is 223 g/mol. The molecular weight excluding hydrogens is 205 g/mol. The molecular formula is C12H18FN3. The first kappa shape index (κ1) is 11.3. The van der Waals surface area contributed by atoms with Crippen LogP contribution >= 0.6 is 0 Å². The number of nitrogens with one attached hydrogen (secondary N) is 1. The van der Waals surface area contributed by atoms with Gasteiger partial charge in [0.1, 0.15) is 0 Å². The summed E-state index contributed by atoms with van der Waals surface area (Å²) in [6, 6.07) is 3.50. The van der Waals surface area contributed by atoms with Gasteiger partial charge in [-0.2, -0.15) is 0 Å². The van der Waals surface area contributed by atoms with Crippen molar-refractivity contribution >= 4 is 5.82 Å². The van der Waals surface area contributed by atoms with Crippen molar-refractivity contribution in [2.45, 2.75) is 18.9 Å². The van der Waals surface area contributed by atoms with Crippen molar-refractivity contribution in [3.63, 3.8) is 0 Å². The van der Waals surface area contributed by atoms with Gasteiger partial charge >= 0.3 is 0 Å². The zero-order chi connectivity index (χ0) is 11.5. The Labute approximate surface area is 95.7 Å². The summed E-state index contributed by atoms with van der Waals surface area (Å²) in [5.74, 6) is 0.833. The van der Waals surface area contributed by atoms with E-state index in [0.29, 0.717) is 11.9 Å². The lowest BCUT2D eigenvalue weighted by Crippen LogP contribution is -2.36. The maximum absolute atomic E-state index is 13.3. The molecule has 4 heteroatoms. The summed E-state index contributed by atoms with van der Waals surface area (Å²) in [5.41, 5.74) is 0. The first-order valence-electron chi connectivity index (χ1n) is 5.69. The van der Waals surface area contributed by atoms with Gasteiger partial charge in [0.15, 0.2) is 11.6 Å². The summed E-state index contributed by atoms with van der Waals surface area (Å²) in [6.07, 6.45) is 4.18. The number of hydrogen-bond acceptors (Lipinski definition) is 3. The van der Waals surface area contributed by atoms with E-state index in [1.165, 1.54) is 18.9 Å². The van der Waals surface area contributed by atoms with Gasteiger partial charge in [-0.1, -0.05) is 0 Å². The fourth-order valence-corrected chi connectivity index (χ4v) is 1.97. The summed E-state index contributed by atoms with van der Waals surface area (Å²) in [7, 11) is 4.14. The van der Waals surface area contributed by atoms with Crippen molar-refractivity contribution in [1.82, 2.24) is 9.88 Å². The van der Waals surface area contributed by atoms with Gasteiger partial charge in [0.2, 0.25) is 0 Å². The summed E-state index contributed by atoms with van der Waals surface area (Å²) in [4.78, 5) is 6.18. The molecule has 2 rings (SSSR count). The fraction of sp³-hybridized carbons (Fsp3) is 0.583. The Morgan fingerprint density at radius 1 is 1.56 bits per heavy atom. The standard InChI is InChI=1S/C12H18FN3/c1-16(2)11(9-5-6-9)8-15-12-10(13)4-3-7-14-12/h3-4,7,9,11H,5-6,8H2,1-2H3,(H,14,15). The quantitative estimate of drug-likeness (QED) is 0.827. The average molecular weight is 223 g/mol. The molecule has 1 atom stereocenters. The van der Waals surface area contributed by atoms with E-state index in [9.17, 15) is 4.39 Å². The van der Waals surface area contributed by atoms with Gasteiger partial charge in [-0.25, -0.2) is 9.37 Å². The predicted molar refractivity (Wildman–Crippen MR) is 62.9 cm³/mol. The summed E-state index contributed by atoms with van der Waals surface area (Å²) < 4.78 is 13.3. The van der Waals surface area contributed by atoms with Crippen molar-refractivity contribution in [3.05, 3.63) is 24.1 Å². The van der Waals surface area contributed by atoms with Crippen LogP contribution in [0.15, 0.2) is 18.3 Å². The average Bonchev–Trinajstić information content (AvgIpc) is 3.04. The number of likely N-dealkylation sites (N-methyl/N-ethyl adjacent to an activating group) is 1. The molecule has 1 aromatic heterocycles. The minimum absolute atomic E-state index is 0.282. The maximum Gasteiger partial charge on any atom is 0.165 e. The van der Waals surface area contributed by atoms with E-state index in [1.54, 1.807) is 12.3 Å². The van der Waals surface area contributed by atoms with E-state index >= 15 is 0 Å². The van der Waals surface area contributed by atoms with Gasteiger partial charge in [-0.05, 0) is 45.0 Å². The van der Waals surface area contributed by atoms with Crippen molar-refractivity contribution in [2.24, 2.45) is 5.92 Å². The largest absolute Gasteiger partial charge is 0.366 e. The Balaban J connectivity index is 1.93. The zero-order valence-electron chi connectivity index (χ0n) is 9.78. The molecule has 1 unspecified atom stereocenters. The van der Waals surface area contributed by atoms with Crippen LogP contribution in [0.1, 0.15) is 12.8 Å². The highest BCUT2D eigenvalue weighted by Gasteiger charge is 2.32. The smallest absolute Gasteiger partial charge is 0.165 e. The molecule has 0 aliphatic heterocycles. The number of pyridine rings is 1. The Kier molecular flexibility index (Phi) is 3.39. The van der Waals surface area contributed by atoms with E-state index in [2.05, 4.69) is 29.3 Å². The summed E-state index contributed by atoms with van der Waals surface area (Å²) in [5, 5.41) is 3.09. The van der Waals surface area contributed by atoms with Gasteiger partial charge in [-0.3, -0.25) is 0 Å². The minimum Gasteiger partial charge on any atom is -0.366 e. The van der Waals surface area contributed by atoms with Gasteiger partial charge < -0.3 is 10.2 Å². The molecule has 1 saturated carbocycles.